The minimum atomic E-state index is -0.404. The third kappa shape index (κ3) is 2.85. The number of hydrogen-bond donors (Lipinski definition) is 0. The lowest BCUT2D eigenvalue weighted by Gasteiger charge is -2.07. The van der Waals surface area contributed by atoms with E-state index in [0.717, 1.165) is 32.8 Å². The molecular formula is C21H14N2O2. The number of aliphatic imine (C=N–C) groups is 1. The van der Waals surface area contributed by atoms with E-state index in [1.54, 1.807) is 18.3 Å². The summed E-state index contributed by atoms with van der Waals surface area (Å²) < 4.78 is 0. The first-order chi connectivity index (χ1) is 12.2. The minimum Gasteiger partial charge on any atom is -0.258 e. The quantitative estimate of drug-likeness (QED) is 0.211. The van der Waals surface area contributed by atoms with Gasteiger partial charge in [0.15, 0.2) is 0 Å². The van der Waals surface area contributed by atoms with Crippen molar-refractivity contribution in [1.82, 2.24) is 0 Å². The van der Waals surface area contributed by atoms with Gasteiger partial charge in [0.2, 0.25) is 0 Å². The van der Waals surface area contributed by atoms with Crippen molar-refractivity contribution >= 4 is 39.1 Å². The summed E-state index contributed by atoms with van der Waals surface area (Å²) in [6.45, 7) is 0. The number of hydrogen-bond acceptors (Lipinski definition) is 3. The van der Waals surface area contributed by atoms with Crippen LogP contribution >= 0.6 is 0 Å². The third-order valence-electron chi connectivity index (χ3n) is 4.19. The Labute approximate surface area is 144 Å². The molecule has 0 aromatic heterocycles. The lowest BCUT2D eigenvalue weighted by Crippen LogP contribution is -1.88. The highest BCUT2D eigenvalue weighted by Gasteiger charge is 2.06. The average Bonchev–Trinajstić information content (AvgIpc) is 2.65. The van der Waals surface area contributed by atoms with Gasteiger partial charge in [-0.05, 0) is 34.5 Å². The van der Waals surface area contributed by atoms with E-state index < -0.39 is 4.92 Å². The second-order valence-electron chi connectivity index (χ2n) is 5.77. The highest BCUT2D eigenvalue weighted by molar-refractivity contribution is 6.10. The molecule has 25 heavy (non-hydrogen) atoms. The molecule has 0 aliphatic carbocycles. The smallest absolute Gasteiger partial charge is 0.258 e. The van der Waals surface area contributed by atoms with Gasteiger partial charge in [-0.2, -0.15) is 0 Å². The summed E-state index contributed by atoms with van der Waals surface area (Å²) in [5.41, 5.74) is 1.81. The summed E-state index contributed by atoms with van der Waals surface area (Å²) in [6.07, 6.45) is 1.75. The Hall–Kier alpha value is -3.53. The maximum atomic E-state index is 10.8. The van der Waals surface area contributed by atoms with Crippen molar-refractivity contribution < 1.29 is 4.92 Å². The maximum Gasteiger partial charge on any atom is 0.269 e. The topological polar surface area (TPSA) is 55.5 Å². The Bertz CT molecular complexity index is 1060. The Morgan fingerprint density at radius 2 is 1.36 bits per heavy atom. The summed E-state index contributed by atoms with van der Waals surface area (Å²) in [6, 6.07) is 24.9. The standard InChI is InChI=1S/C21H14N2O2/c24-23(25)18-11-9-15(10-12-18)14-22-21-19-7-3-1-5-16(19)13-17-6-2-4-8-20(17)21/h1-14H. The molecule has 4 heteroatoms. The van der Waals surface area contributed by atoms with Crippen molar-refractivity contribution in [1.29, 1.82) is 0 Å². The van der Waals surface area contributed by atoms with Gasteiger partial charge < -0.3 is 0 Å². The summed E-state index contributed by atoms with van der Waals surface area (Å²) in [7, 11) is 0. The summed E-state index contributed by atoms with van der Waals surface area (Å²) in [5.74, 6) is 0. The number of nitrogens with zero attached hydrogens (tertiary/aromatic N) is 2. The van der Waals surface area contributed by atoms with Crippen LogP contribution in [0.3, 0.4) is 0 Å². The molecule has 4 nitrogen and oxygen atoms in total. The molecule has 4 aromatic carbocycles. The molecule has 0 spiro atoms. The van der Waals surface area contributed by atoms with Crippen LogP contribution in [0.1, 0.15) is 5.56 Å². The van der Waals surface area contributed by atoms with E-state index in [1.807, 2.05) is 24.3 Å². The molecule has 0 heterocycles. The van der Waals surface area contributed by atoms with Crippen molar-refractivity contribution in [3.8, 4) is 0 Å². The second kappa shape index (κ2) is 6.17. The molecule has 0 atom stereocenters. The molecule has 0 aliphatic rings. The van der Waals surface area contributed by atoms with Crippen molar-refractivity contribution in [2.75, 3.05) is 0 Å². The lowest BCUT2D eigenvalue weighted by molar-refractivity contribution is -0.384. The fourth-order valence-corrected chi connectivity index (χ4v) is 2.95. The fraction of sp³-hybridized carbons (Fsp3) is 0. The van der Waals surface area contributed by atoms with Gasteiger partial charge >= 0.3 is 0 Å². The van der Waals surface area contributed by atoms with E-state index in [0.29, 0.717) is 0 Å². The molecule has 0 amide bonds. The van der Waals surface area contributed by atoms with Gasteiger partial charge in [-0.15, -0.1) is 0 Å². The molecule has 0 N–H and O–H groups in total. The fourth-order valence-electron chi connectivity index (χ4n) is 2.95. The predicted octanol–water partition coefficient (Wildman–Crippen LogP) is 5.65. The van der Waals surface area contributed by atoms with Crippen LogP contribution in [0.2, 0.25) is 0 Å². The largest absolute Gasteiger partial charge is 0.269 e. The molecule has 0 saturated heterocycles. The van der Waals surface area contributed by atoms with Crippen molar-refractivity contribution in [3.05, 3.63) is 94.5 Å². The molecule has 120 valence electrons. The first-order valence-corrected chi connectivity index (χ1v) is 7.91. The summed E-state index contributed by atoms with van der Waals surface area (Å²) >= 11 is 0. The van der Waals surface area contributed by atoms with Crippen LogP contribution in [0.25, 0.3) is 21.5 Å². The second-order valence-corrected chi connectivity index (χ2v) is 5.77. The maximum absolute atomic E-state index is 10.8. The van der Waals surface area contributed by atoms with Crippen LogP contribution < -0.4 is 0 Å². The average molecular weight is 326 g/mol. The first kappa shape index (κ1) is 15.0. The lowest BCUT2D eigenvalue weighted by atomic mass is 10.0. The predicted molar refractivity (Wildman–Crippen MR) is 102 cm³/mol. The number of nitro groups is 1. The third-order valence-corrected chi connectivity index (χ3v) is 4.19. The SMILES string of the molecule is O=[N+]([O-])c1ccc(C=Nc2c3ccccc3cc3ccccc23)cc1. The van der Waals surface area contributed by atoms with Crippen molar-refractivity contribution in [2.24, 2.45) is 4.99 Å². The zero-order valence-electron chi connectivity index (χ0n) is 13.3. The van der Waals surface area contributed by atoms with Gasteiger partial charge in [-0.25, -0.2) is 0 Å². The molecule has 0 aliphatic heterocycles. The molecular weight excluding hydrogens is 312 g/mol. The number of nitro benzene ring substituents is 1. The molecule has 0 saturated carbocycles. The Morgan fingerprint density at radius 3 is 1.92 bits per heavy atom. The van der Waals surface area contributed by atoms with Crippen LogP contribution in [0.15, 0.2) is 83.9 Å². The van der Waals surface area contributed by atoms with Gasteiger partial charge in [-0.3, -0.25) is 15.1 Å². The molecule has 4 rings (SSSR count). The van der Waals surface area contributed by atoms with E-state index in [1.165, 1.54) is 12.1 Å². The van der Waals surface area contributed by atoms with E-state index in [-0.39, 0.29) is 5.69 Å². The number of rotatable bonds is 3. The van der Waals surface area contributed by atoms with E-state index in [9.17, 15) is 10.1 Å². The molecule has 0 unspecified atom stereocenters. The highest BCUT2D eigenvalue weighted by atomic mass is 16.6. The van der Waals surface area contributed by atoms with Crippen LogP contribution in [0, 0.1) is 10.1 Å². The normalized spacial score (nSPS) is 11.4. The van der Waals surface area contributed by atoms with Gasteiger partial charge in [0.1, 0.15) is 0 Å². The summed E-state index contributed by atoms with van der Waals surface area (Å²) in [4.78, 5) is 15.1. The number of benzene rings is 4. The Kier molecular flexibility index (Phi) is 3.71. The van der Waals surface area contributed by atoms with Crippen molar-refractivity contribution in [3.63, 3.8) is 0 Å². The molecule has 0 bridgehead atoms. The highest BCUT2D eigenvalue weighted by Crippen LogP contribution is 2.34. The Morgan fingerprint density at radius 1 is 0.800 bits per heavy atom. The van der Waals surface area contributed by atoms with E-state index in [2.05, 4.69) is 30.3 Å². The summed E-state index contributed by atoms with van der Waals surface area (Å²) in [5, 5.41) is 15.2. The van der Waals surface area contributed by atoms with Crippen molar-refractivity contribution in [2.45, 2.75) is 0 Å². The number of non-ortho nitro benzene ring substituents is 1. The van der Waals surface area contributed by atoms with Gasteiger partial charge in [0.05, 0.1) is 10.6 Å². The number of fused-ring (bicyclic) bond motifs is 2. The molecule has 0 fully saturated rings. The molecule has 4 aromatic rings. The van der Waals surface area contributed by atoms with Gasteiger partial charge in [-0.1, -0.05) is 48.5 Å². The zero-order valence-corrected chi connectivity index (χ0v) is 13.3. The zero-order chi connectivity index (χ0) is 17.2. The Balaban J connectivity index is 1.85. The van der Waals surface area contributed by atoms with Crippen LogP contribution in [0.4, 0.5) is 11.4 Å². The van der Waals surface area contributed by atoms with E-state index in [4.69, 9.17) is 4.99 Å². The van der Waals surface area contributed by atoms with E-state index >= 15 is 0 Å². The van der Waals surface area contributed by atoms with Crippen LogP contribution in [-0.4, -0.2) is 11.1 Å². The molecule has 0 radical (unpaired) electrons. The van der Waals surface area contributed by atoms with Crippen LogP contribution in [-0.2, 0) is 0 Å². The first-order valence-electron chi connectivity index (χ1n) is 7.91. The minimum absolute atomic E-state index is 0.0766. The monoisotopic (exact) mass is 326 g/mol. The van der Waals surface area contributed by atoms with Gasteiger partial charge in [0, 0.05) is 29.1 Å². The van der Waals surface area contributed by atoms with Crippen LogP contribution in [0.5, 0.6) is 0 Å². The van der Waals surface area contributed by atoms with Gasteiger partial charge in [0.25, 0.3) is 5.69 Å².